The molecule has 1 aromatic carbocycles. The van der Waals surface area contributed by atoms with E-state index in [2.05, 4.69) is 22.4 Å². The van der Waals surface area contributed by atoms with E-state index in [9.17, 15) is 4.79 Å². The fraction of sp³-hybridized carbons (Fsp3) is 0.353. The van der Waals surface area contributed by atoms with E-state index < -0.39 is 0 Å². The van der Waals surface area contributed by atoms with Gasteiger partial charge >= 0.3 is 0 Å². The minimum Gasteiger partial charge on any atom is -0.496 e. The third-order valence-electron chi connectivity index (χ3n) is 3.48. The first kappa shape index (κ1) is 16.7. The maximum atomic E-state index is 12.3. The molecule has 0 spiro atoms. The summed E-state index contributed by atoms with van der Waals surface area (Å²) in [5.41, 5.74) is 0.459. The Hall–Kier alpha value is -2.63. The molecule has 2 aromatic rings. The predicted molar refractivity (Wildman–Crippen MR) is 91.2 cm³/mol. The molecular weight excluding hydrogens is 292 g/mol. The molecule has 0 bridgehead atoms. The molecule has 6 nitrogen and oxygen atoms in total. The molecule has 0 aliphatic heterocycles. The third-order valence-corrected chi connectivity index (χ3v) is 3.48. The molecule has 6 heteroatoms. The van der Waals surface area contributed by atoms with E-state index in [0.717, 1.165) is 25.2 Å². The maximum Gasteiger partial charge on any atom is 0.260 e. The minimum absolute atomic E-state index is 0.274. The second-order valence-corrected chi connectivity index (χ2v) is 5.21. The standard InChI is InChI=1S/C17H22N4O2/c1-4-5-12-21(2)16-11-10-15(19-20-16)18-17(22)13-8-6-7-9-14(13)23-3/h6-11H,4-5,12H2,1-3H3,(H,18,19,22). The molecule has 23 heavy (non-hydrogen) atoms. The molecule has 0 saturated heterocycles. The SMILES string of the molecule is CCCCN(C)c1ccc(NC(=O)c2ccccc2OC)nn1. The molecule has 1 aromatic heterocycles. The van der Waals surface area contributed by atoms with Crippen molar-refractivity contribution in [3.05, 3.63) is 42.0 Å². The Balaban J connectivity index is 2.04. The van der Waals surface area contributed by atoms with Gasteiger partial charge in [-0.25, -0.2) is 0 Å². The molecule has 1 N–H and O–H groups in total. The Morgan fingerprint density at radius 1 is 1.22 bits per heavy atom. The zero-order valence-electron chi connectivity index (χ0n) is 13.7. The topological polar surface area (TPSA) is 67.4 Å². The summed E-state index contributed by atoms with van der Waals surface area (Å²) in [5, 5.41) is 10.9. The smallest absolute Gasteiger partial charge is 0.260 e. The number of rotatable bonds is 7. The third kappa shape index (κ3) is 4.42. The molecule has 122 valence electrons. The monoisotopic (exact) mass is 314 g/mol. The number of unbranched alkanes of at least 4 members (excludes halogenated alkanes) is 1. The van der Waals surface area contributed by atoms with Gasteiger partial charge in [0.15, 0.2) is 11.6 Å². The lowest BCUT2D eigenvalue weighted by atomic mass is 10.2. The van der Waals surface area contributed by atoms with Crippen molar-refractivity contribution in [3.63, 3.8) is 0 Å². The molecule has 0 fully saturated rings. The van der Waals surface area contributed by atoms with E-state index in [0.29, 0.717) is 17.1 Å². The summed E-state index contributed by atoms with van der Waals surface area (Å²) in [6.07, 6.45) is 2.23. The van der Waals surface area contributed by atoms with Gasteiger partial charge in [-0.3, -0.25) is 4.79 Å². The zero-order chi connectivity index (χ0) is 16.7. The Bertz CT molecular complexity index is 643. The van der Waals surface area contributed by atoms with E-state index in [1.807, 2.05) is 24.1 Å². The number of methoxy groups -OCH3 is 1. The van der Waals surface area contributed by atoms with Crippen molar-refractivity contribution in [2.24, 2.45) is 0 Å². The zero-order valence-corrected chi connectivity index (χ0v) is 13.7. The van der Waals surface area contributed by atoms with E-state index in [4.69, 9.17) is 4.74 Å². The lowest BCUT2D eigenvalue weighted by molar-refractivity contribution is 0.102. The number of carbonyl (C=O) groups excluding carboxylic acids is 1. The van der Waals surface area contributed by atoms with Crippen molar-refractivity contribution in [2.45, 2.75) is 19.8 Å². The van der Waals surface area contributed by atoms with Gasteiger partial charge in [-0.15, -0.1) is 10.2 Å². The van der Waals surface area contributed by atoms with Gasteiger partial charge in [0.2, 0.25) is 0 Å². The van der Waals surface area contributed by atoms with Crippen LogP contribution < -0.4 is 15.0 Å². The maximum absolute atomic E-state index is 12.3. The first-order valence-electron chi connectivity index (χ1n) is 7.65. The van der Waals surface area contributed by atoms with Gasteiger partial charge in [0, 0.05) is 13.6 Å². The fourth-order valence-corrected chi connectivity index (χ4v) is 2.12. The highest BCUT2D eigenvalue weighted by molar-refractivity contribution is 6.05. The van der Waals surface area contributed by atoms with Crippen LogP contribution in [0.25, 0.3) is 0 Å². The van der Waals surface area contributed by atoms with Gasteiger partial charge in [0.25, 0.3) is 5.91 Å². The Morgan fingerprint density at radius 3 is 2.65 bits per heavy atom. The highest BCUT2D eigenvalue weighted by atomic mass is 16.5. The van der Waals surface area contributed by atoms with Crippen molar-refractivity contribution in [1.82, 2.24) is 10.2 Å². The number of para-hydroxylation sites is 1. The number of benzene rings is 1. The number of nitrogens with one attached hydrogen (secondary N) is 1. The number of amides is 1. The van der Waals surface area contributed by atoms with Crippen molar-refractivity contribution in [3.8, 4) is 5.75 Å². The average molecular weight is 314 g/mol. The molecule has 1 amide bonds. The summed E-state index contributed by atoms with van der Waals surface area (Å²) >= 11 is 0. The van der Waals surface area contributed by atoms with Crippen LogP contribution in [0.15, 0.2) is 36.4 Å². The number of carbonyl (C=O) groups is 1. The van der Waals surface area contributed by atoms with Crippen LogP contribution in [0.4, 0.5) is 11.6 Å². The molecule has 0 atom stereocenters. The molecule has 0 saturated carbocycles. The van der Waals surface area contributed by atoms with E-state index in [1.165, 1.54) is 7.11 Å². The van der Waals surface area contributed by atoms with E-state index >= 15 is 0 Å². The van der Waals surface area contributed by atoms with Crippen molar-refractivity contribution >= 4 is 17.5 Å². The summed E-state index contributed by atoms with van der Waals surface area (Å²) in [7, 11) is 3.51. The molecule has 0 radical (unpaired) electrons. The van der Waals surface area contributed by atoms with Crippen LogP contribution in [0.5, 0.6) is 5.75 Å². The first-order valence-corrected chi connectivity index (χ1v) is 7.65. The van der Waals surface area contributed by atoms with E-state index in [1.54, 1.807) is 24.3 Å². The second-order valence-electron chi connectivity index (χ2n) is 5.21. The molecule has 0 aliphatic rings. The van der Waals surface area contributed by atoms with Gasteiger partial charge < -0.3 is 15.0 Å². The Kier molecular flexibility index (Phi) is 5.91. The number of hydrogen-bond acceptors (Lipinski definition) is 5. The molecule has 2 rings (SSSR count). The molecule has 1 heterocycles. The Morgan fingerprint density at radius 2 is 2.00 bits per heavy atom. The van der Waals surface area contributed by atoms with Crippen LogP contribution in [0.2, 0.25) is 0 Å². The number of anilines is 2. The lowest BCUT2D eigenvalue weighted by Crippen LogP contribution is -2.20. The first-order chi connectivity index (χ1) is 11.2. The van der Waals surface area contributed by atoms with Crippen molar-refractivity contribution in [2.75, 3.05) is 30.9 Å². The number of aromatic nitrogens is 2. The largest absolute Gasteiger partial charge is 0.496 e. The number of ether oxygens (including phenoxy) is 1. The average Bonchev–Trinajstić information content (AvgIpc) is 2.60. The van der Waals surface area contributed by atoms with Crippen molar-refractivity contribution in [1.29, 1.82) is 0 Å². The molecule has 0 unspecified atom stereocenters. The van der Waals surface area contributed by atoms with Crippen LogP contribution in [0, 0.1) is 0 Å². The van der Waals surface area contributed by atoms with Gasteiger partial charge in [-0.2, -0.15) is 0 Å². The van der Waals surface area contributed by atoms with E-state index in [-0.39, 0.29) is 5.91 Å². The van der Waals surface area contributed by atoms with Gasteiger partial charge in [-0.05, 0) is 30.7 Å². The summed E-state index contributed by atoms with van der Waals surface area (Å²) in [5.74, 6) is 1.44. The lowest BCUT2D eigenvalue weighted by Gasteiger charge is -2.17. The van der Waals surface area contributed by atoms with Crippen LogP contribution in [0.1, 0.15) is 30.1 Å². The summed E-state index contributed by atoms with van der Waals surface area (Å²) in [6, 6.07) is 10.6. The molecule has 0 aliphatic carbocycles. The summed E-state index contributed by atoms with van der Waals surface area (Å²) < 4.78 is 5.19. The minimum atomic E-state index is -0.274. The second kappa shape index (κ2) is 8.12. The van der Waals surface area contributed by atoms with Crippen LogP contribution >= 0.6 is 0 Å². The van der Waals surface area contributed by atoms with Gasteiger partial charge in [0.05, 0.1) is 12.7 Å². The summed E-state index contributed by atoms with van der Waals surface area (Å²) in [6.45, 7) is 3.08. The van der Waals surface area contributed by atoms with Gasteiger partial charge in [0.1, 0.15) is 5.75 Å². The van der Waals surface area contributed by atoms with Crippen LogP contribution in [-0.2, 0) is 0 Å². The predicted octanol–water partition coefficient (Wildman–Crippen LogP) is 2.97. The number of nitrogens with zero attached hydrogens (tertiary/aromatic N) is 3. The highest BCUT2D eigenvalue weighted by Crippen LogP contribution is 2.19. The molecular formula is C17H22N4O2. The van der Waals surface area contributed by atoms with Gasteiger partial charge in [-0.1, -0.05) is 25.5 Å². The number of hydrogen-bond donors (Lipinski definition) is 1. The fourth-order valence-electron chi connectivity index (χ4n) is 2.12. The summed E-state index contributed by atoms with van der Waals surface area (Å²) in [4.78, 5) is 14.3. The van der Waals surface area contributed by atoms with Crippen LogP contribution in [0.3, 0.4) is 0 Å². The highest BCUT2D eigenvalue weighted by Gasteiger charge is 2.12. The quantitative estimate of drug-likeness (QED) is 0.851. The Labute approximate surface area is 136 Å². The van der Waals surface area contributed by atoms with Crippen molar-refractivity contribution < 1.29 is 9.53 Å². The van der Waals surface area contributed by atoms with Crippen LogP contribution in [-0.4, -0.2) is 36.8 Å². The normalized spacial score (nSPS) is 10.2.